The fourth-order valence-corrected chi connectivity index (χ4v) is 1.63. The van der Waals surface area contributed by atoms with Gasteiger partial charge in [0.2, 0.25) is 0 Å². The Balaban J connectivity index is 1.85. The molecule has 1 amide bonds. The number of carbonyl (C=O) groups excluding carboxylic acids is 1. The second-order valence-electron chi connectivity index (χ2n) is 3.79. The molecule has 7 heteroatoms. The maximum Gasteiger partial charge on any atom is 0.271 e. The molecular formula is C10H15N5O2. The molecule has 0 bridgehead atoms. The van der Waals surface area contributed by atoms with Crippen molar-refractivity contribution in [3.05, 3.63) is 17.8 Å². The average molecular weight is 237 g/mol. The first kappa shape index (κ1) is 11.7. The van der Waals surface area contributed by atoms with Crippen molar-refractivity contribution in [1.82, 2.24) is 15.5 Å². The number of nitrogen functional groups attached to an aromatic ring is 1. The molecule has 0 aromatic carbocycles. The van der Waals surface area contributed by atoms with Crippen LogP contribution in [0.1, 0.15) is 23.3 Å². The van der Waals surface area contributed by atoms with Gasteiger partial charge >= 0.3 is 0 Å². The first-order chi connectivity index (χ1) is 8.29. The normalized spacial score (nSPS) is 19.0. The lowest BCUT2D eigenvalue weighted by Gasteiger charge is -2.10. The van der Waals surface area contributed by atoms with Gasteiger partial charge in [0.05, 0.1) is 6.10 Å². The van der Waals surface area contributed by atoms with Gasteiger partial charge in [-0.1, -0.05) is 0 Å². The van der Waals surface area contributed by atoms with E-state index >= 15 is 0 Å². The highest BCUT2D eigenvalue weighted by molar-refractivity contribution is 5.92. The molecule has 92 valence electrons. The fraction of sp³-hybridized carbons (Fsp3) is 0.500. The average Bonchev–Trinajstić information content (AvgIpc) is 2.89. The summed E-state index contributed by atoms with van der Waals surface area (Å²) in [6.07, 6.45) is 2.16. The van der Waals surface area contributed by atoms with E-state index in [4.69, 9.17) is 10.6 Å². The Hall–Kier alpha value is -1.73. The third-order valence-corrected chi connectivity index (χ3v) is 2.56. The fourth-order valence-electron chi connectivity index (χ4n) is 1.63. The predicted molar refractivity (Wildman–Crippen MR) is 61.1 cm³/mol. The maximum absolute atomic E-state index is 11.7. The van der Waals surface area contributed by atoms with Crippen molar-refractivity contribution in [1.29, 1.82) is 0 Å². The predicted octanol–water partition coefficient (Wildman–Crippen LogP) is -0.329. The van der Waals surface area contributed by atoms with E-state index in [0.717, 1.165) is 19.4 Å². The minimum Gasteiger partial charge on any atom is -0.376 e. The first-order valence-electron chi connectivity index (χ1n) is 5.50. The highest BCUT2D eigenvalue weighted by Gasteiger charge is 2.17. The number of ether oxygens (including phenoxy) is 1. The van der Waals surface area contributed by atoms with Gasteiger partial charge in [-0.2, -0.15) is 0 Å². The minimum absolute atomic E-state index is 0.122. The van der Waals surface area contributed by atoms with Crippen LogP contribution in [0.5, 0.6) is 0 Å². The Morgan fingerprint density at radius 2 is 2.41 bits per heavy atom. The zero-order valence-electron chi connectivity index (χ0n) is 9.35. The van der Waals surface area contributed by atoms with Gasteiger partial charge in [-0.25, -0.2) is 5.84 Å². The molecule has 0 spiro atoms. The van der Waals surface area contributed by atoms with Crippen LogP contribution in [0.3, 0.4) is 0 Å². The Morgan fingerprint density at radius 3 is 3.00 bits per heavy atom. The van der Waals surface area contributed by atoms with Gasteiger partial charge in [0, 0.05) is 13.2 Å². The van der Waals surface area contributed by atoms with Crippen LogP contribution in [0.25, 0.3) is 0 Å². The van der Waals surface area contributed by atoms with E-state index in [2.05, 4.69) is 20.9 Å². The molecule has 0 saturated carbocycles. The number of anilines is 1. The number of hydrazine groups is 1. The summed E-state index contributed by atoms with van der Waals surface area (Å²) < 4.78 is 5.40. The Morgan fingerprint density at radius 1 is 1.53 bits per heavy atom. The second-order valence-corrected chi connectivity index (χ2v) is 3.79. The monoisotopic (exact) mass is 237 g/mol. The molecule has 1 aliphatic rings. The van der Waals surface area contributed by atoms with E-state index < -0.39 is 0 Å². The molecule has 0 radical (unpaired) electrons. The number of hydrogen-bond acceptors (Lipinski definition) is 6. The van der Waals surface area contributed by atoms with E-state index in [1.54, 1.807) is 12.1 Å². The van der Waals surface area contributed by atoms with E-state index in [-0.39, 0.29) is 17.7 Å². The van der Waals surface area contributed by atoms with Crippen LogP contribution >= 0.6 is 0 Å². The largest absolute Gasteiger partial charge is 0.376 e. The van der Waals surface area contributed by atoms with Crippen LogP contribution in [0.15, 0.2) is 12.1 Å². The molecule has 1 atom stereocenters. The Labute approximate surface area is 98.7 Å². The number of nitrogens with zero attached hydrogens (tertiary/aromatic N) is 2. The van der Waals surface area contributed by atoms with Crippen LogP contribution in [-0.4, -0.2) is 35.4 Å². The number of amides is 1. The van der Waals surface area contributed by atoms with Crippen molar-refractivity contribution in [2.24, 2.45) is 5.84 Å². The first-order valence-corrected chi connectivity index (χ1v) is 5.50. The van der Waals surface area contributed by atoms with E-state index in [0.29, 0.717) is 12.4 Å². The maximum atomic E-state index is 11.7. The van der Waals surface area contributed by atoms with Crippen molar-refractivity contribution < 1.29 is 9.53 Å². The quantitative estimate of drug-likeness (QED) is 0.489. The molecule has 1 aromatic rings. The number of hydrogen-bond donors (Lipinski definition) is 3. The summed E-state index contributed by atoms with van der Waals surface area (Å²) in [5, 5.41) is 10.2. The molecule has 2 rings (SSSR count). The van der Waals surface area contributed by atoms with E-state index in [1.807, 2.05) is 0 Å². The third-order valence-electron chi connectivity index (χ3n) is 2.56. The summed E-state index contributed by atoms with van der Waals surface area (Å²) >= 11 is 0. The van der Waals surface area contributed by atoms with Gasteiger partial charge in [0.15, 0.2) is 11.5 Å². The van der Waals surface area contributed by atoms with E-state index in [9.17, 15) is 4.79 Å². The van der Waals surface area contributed by atoms with Gasteiger partial charge < -0.3 is 15.5 Å². The second kappa shape index (κ2) is 5.55. The van der Waals surface area contributed by atoms with Gasteiger partial charge in [-0.3, -0.25) is 4.79 Å². The van der Waals surface area contributed by atoms with Gasteiger partial charge in [0.25, 0.3) is 5.91 Å². The number of nitrogens with one attached hydrogen (secondary N) is 2. The number of carbonyl (C=O) groups is 1. The van der Waals surface area contributed by atoms with Crippen LogP contribution < -0.4 is 16.6 Å². The molecule has 1 unspecified atom stereocenters. The standard InChI is InChI=1S/C10H15N5O2/c11-13-9-4-3-8(14-15-9)10(16)12-6-7-2-1-5-17-7/h3-4,7H,1-2,5-6,11H2,(H,12,16)(H,13,15). The van der Waals surface area contributed by atoms with Gasteiger partial charge in [-0.05, 0) is 25.0 Å². The van der Waals surface area contributed by atoms with Gasteiger partial charge in [0.1, 0.15) is 0 Å². The smallest absolute Gasteiger partial charge is 0.271 e. The van der Waals surface area contributed by atoms with Gasteiger partial charge in [-0.15, -0.1) is 10.2 Å². The number of rotatable bonds is 4. The lowest BCUT2D eigenvalue weighted by atomic mass is 10.2. The molecule has 1 fully saturated rings. The van der Waals surface area contributed by atoms with Crippen molar-refractivity contribution in [2.75, 3.05) is 18.6 Å². The third kappa shape index (κ3) is 3.11. The molecule has 2 heterocycles. The summed E-state index contributed by atoms with van der Waals surface area (Å²) in [4.78, 5) is 11.7. The number of aromatic nitrogens is 2. The topological polar surface area (TPSA) is 102 Å². The molecule has 7 nitrogen and oxygen atoms in total. The highest BCUT2D eigenvalue weighted by Crippen LogP contribution is 2.10. The molecule has 1 saturated heterocycles. The number of nitrogens with two attached hydrogens (primary N) is 1. The Bertz CT molecular complexity index is 375. The molecule has 4 N–H and O–H groups in total. The van der Waals surface area contributed by atoms with E-state index in [1.165, 1.54) is 0 Å². The lowest BCUT2D eigenvalue weighted by Crippen LogP contribution is -2.32. The molecule has 1 aliphatic heterocycles. The molecule has 1 aromatic heterocycles. The SMILES string of the molecule is NNc1ccc(C(=O)NCC2CCCO2)nn1. The van der Waals surface area contributed by atoms with Crippen LogP contribution in [0.2, 0.25) is 0 Å². The summed E-state index contributed by atoms with van der Waals surface area (Å²) in [5.41, 5.74) is 2.61. The lowest BCUT2D eigenvalue weighted by molar-refractivity contribution is 0.0853. The zero-order valence-corrected chi connectivity index (χ0v) is 9.35. The van der Waals surface area contributed by atoms with Crippen molar-refractivity contribution >= 4 is 11.7 Å². The summed E-state index contributed by atoms with van der Waals surface area (Å²) in [5.74, 6) is 5.31. The minimum atomic E-state index is -0.253. The van der Waals surface area contributed by atoms with Crippen LogP contribution in [0.4, 0.5) is 5.82 Å². The molecule has 0 aliphatic carbocycles. The van der Waals surface area contributed by atoms with Crippen LogP contribution in [0, 0.1) is 0 Å². The van der Waals surface area contributed by atoms with Crippen molar-refractivity contribution in [3.8, 4) is 0 Å². The summed E-state index contributed by atoms with van der Waals surface area (Å²) in [7, 11) is 0. The summed E-state index contributed by atoms with van der Waals surface area (Å²) in [6.45, 7) is 1.29. The highest BCUT2D eigenvalue weighted by atomic mass is 16.5. The van der Waals surface area contributed by atoms with Crippen LogP contribution in [-0.2, 0) is 4.74 Å². The Kier molecular flexibility index (Phi) is 3.84. The zero-order chi connectivity index (χ0) is 12.1. The van der Waals surface area contributed by atoms with Crippen molar-refractivity contribution in [2.45, 2.75) is 18.9 Å². The molecular weight excluding hydrogens is 222 g/mol. The summed E-state index contributed by atoms with van der Waals surface area (Å²) in [6, 6.07) is 3.15. The molecule has 17 heavy (non-hydrogen) atoms. The van der Waals surface area contributed by atoms with Crippen molar-refractivity contribution in [3.63, 3.8) is 0 Å².